The van der Waals surface area contributed by atoms with Crippen molar-refractivity contribution in [3.05, 3.63) is 48.0 Å². The van der Waals surface area contributed by atoms with E-state index in [0.29, 0.717) is 32.3 Å². The van der Waals surface area contributed by atoms with E-state index in [1.807, 2.05) is 37.3 Å². The molecule has 1 aliphatic carbocycles. The number of carbonyl (C=O) groups is 3. The second-order valence-electron chi connectivity index (χ2n) is 9.24. The number of allylic oxidation sites excluding steroid dienone is 2. The van der Waals surface area contributed by atoms with Gasteiger partial charge in [-0.1, -0.05) is 75.4 Å². The predicted octanol–water partition coefficient (Wildman–Crippen LogP) is 6.66. The van der Waals surface area contributed by atoms with Crippen molar-refractivity contribution in [2.75, 3.05) is 6.61 Å². The van der Waals surface area contributed by atoms with E-state index in [1.165, 1.54) is 6.08 Å². The SMILES string of the molecule is CCCCCC(F)(F)C(=O)CC[C@H]1C=CC(=O)[C@@H]1CCCCCCOC(=O)Cc1ccccc1. The molecule has 1 aliphatic rings. The van der Waals surface area contributed by atoms with Crippen molar-refractivity contribution < 1.29 is 27.9 Å². The summed E-state index contributed by atoms with van der Waals surface area (Å²) in [6.45, 7) is 2.32. The smallest absolute Gasteiger partial charge is 0.310 e. The molecule has 2 atom stereocenters. The fourth-order valence-electron chi connectivity index (χ4n) is 4.38. The molecule has 4 nitrogen and oxygen atoms in total. The molecular formula is C28H38F2O4. The molecule has 1 aromatic rings. The van der Waals surface area contributed by atoms with Crippen LogP contribution in [0.3, 0.4) is 0 Å². The summed E-state index contributed by atoms with van der Waals surface area (Å²) < 4.78 is 33.3. The Bertz CT molecular complexity index is 804. The first-order chi connectivity index (χ1) is 16.3. The van der Waals surface area contributed by atoms with Gasteiger partial charge < -0.3 is 4.74 Å². The maximum absolute atomic E-state index is 14.0. The number of rotatable bonds is 17. The van der Waals surface area contributed by atoms with Gasteiger partial charge in [0.05, 0.1) is 13.0 Å². The standard InChI is InChI=1S/C28H38F2O4/c1-2-3-10-19-28(29,30)26(32)18-16-23-15-17-25(31)24(23)14-9-4-5-11-20-34-27(33)21-22-12-7-6-8-13-22/h6-8,12-13,15,17,23-24H,2-5,9-11,14,16,18-21H2,1H3/t23-,24-/m1/s1. The first kappa shape index (κ1) is 27.9. The lowest BCUT2D eigenvalue weighted by atomic mass is 9.85. The van der Waals surface area contributed by atoms with Gasteiger partial charge in [-0.3, -0.25) is 14.4 Å². The van der Waals surface area contributed by atoms with E-state index in [0.717, 1.165) is 37.7 Å². The largest absolute Gasteiger partial charge is 0.465 e. The summed E-state index contributed by atoms with van der Waals surface area (Å²) in [6.07, 6.45) is 9.28. The van der Waals surface area contributed by atoms with Gasteiger partial charge in [0.2, 0.25) is 5.78 Å². The summed E-state index contributed by atoms with van der Waals surface area (Å²) in [5.41, 5.74) is 0.929. The first-order valence-electron chi connectivity index (χ1n) is 12.7. The Morgan fingerprint density at radius 1 is 0.971 bits per heavy atom. The van der Waals surface area contributed by atoms with Crippen LogP contribution in [0.4, 0.5) is 8.78 Å². The number of ketones is 2. The second-order valence-corrected chi connectivity index (χ2v) is 9.24. The Balaban J connectivity index is 1.60. The molecule has 34 heavy (non-hydrogen) atoms. The number of Topliss-reactive ketones (excluding diaryl/α,β-unsaturated/α-hetero) is 1. The highest BCUT2D eigenvalue weighted by molar-refractivity contribution is 5.94. The Kier molecular flexibility index (Phi) is 12.1. The lowest BCUT2D eigenvalue weighted by molar-refractivity contribution is -0.144. The zero-order valence-electron chi connectivity index (χ0n) is 20.3. The molecule has 0 aromatic heterocycles. The molecule has 1 aromatic carbocycles. The van der Waals surface area contributed by atoms with Crippen LogP contribution >= 0.6 is 0 Å². The number of ether oxygens (including phenoxy) is 1. The molecule has 2 rings (SSSR count). The Morgan fingerprint density at radius 3 is 2.44 bits per heavy atom. The van der Waals surface area contributed by atoms with E-state index in [4.69, 9.17) is 4.74 Å². The minimum Gasteiger partial charge on any atom is -0.465 e. The van der Waals surface area contributed by atoms with Gasteiger partial charge in [-0.25, -0.2) is 0 Å². The monoisotopic (exact) mass is 476 g/mol. The number of alkyl halides is 2. The molecule has 0 heterocycles. The zero-order valence-corrected chi connectivity index (χ0v) is 20.3. The fourth-order valence-corrected chi connectivity index (χ4v) is 4.38. The van der Waals surface area contributed by atoms with Crippen LogP contribution in [0.15, 0.2) is 42.5 Å². The Labute approximate surface area is 202 Å². The van der Waals surface area contributed by atoms with Gasteiger partial charge in [0.15, 0.2) is 5.78 Å². The van der Waals surface area contributed by atoms with Gasteiger partial charge in [-0.15, -0.1) is 0 Å². The summed E-state index contributed by atoms with van der Waals surface area (Å²) in [7, 11) is 0. The molecule has 0 fully saturated rings. The first-order valence-corrected chi connectivity index (χ1v) is 12.7. The van der Waals surface area contributed by atoms with Crippen molar-refractivity contribution in [2.45, 2.75) is 89.9 Å². The lowest BCUT2D eigenvalue weighted by Crippen LogP contribution is -2.29. The van der Waals surface area contributed by atoms with Crippen LogP contribution in [-0.4, -0.2) is 30.1 Å². The summed E-state index contributed by atoms with van der Waals surface area (Å²) in [6, 6.07) is 9.46. The van der Waals surface area contributed by atoms with Gasteiger partial charge in [0, 0.05) is 18.8 Å². The van der Waals surface area contributed by atoms with Crippen molar-refractivity contribution in [1.82, 2.24) is 0 Å². The number of halogens is 2. The third-order valence-corrected chi connectivity index (χ3v) is 6.46. The average Bonchev–Trinajstić information content (AvgIpc) is 3.16. The predicted molar refractivity (Wildman–Crippen MR) is 129 cm³/mol. The van der Waals surface area contributed by atoms with Crippen LogP contribution in [0.1, 0.15) is 83.1 Å². The maximum atomic E-state index is 14.0. The maximum Gasteiger partial charge on any atom is 0.310 e. The van der Waals surface area contributed by atoms with Crippen LogP contribution in [0.5, 0.6) is 0 Å². The highest BCUT2D eigenvalue weighted by Crippen LogP contribution is 2.33. The van der Waals surface area contributed by atoms with E-state index < -0.39 is 11.7 Å². The second kappa shape index (κ2) is 14.8. The number of benzene rings is 1. The topological polar surface area (TPSA) is 60.4 Å². The highest BCUT2D eigenvalue weighted by atomic mass is 19.3. The van der Waals surface area contributed by atoms with E-state index in [1.54, 1.807) is 6.08 Å². The molecule has 188 valence electrons. The molecule has 0 saturated heterocycles. The van der Waals surface area contributed by atoms with Crippen molar-refractivity contribution in [3.63, 3.8) is 0 Å². The van der Waals surface area contributed by atoms with Crippen LogP contribution in [-0.2, 0) is 25.5 Å². The van der Waals surface area contributed by atoms with Crippen molar-refractivity contribution in [1.29, 1.82) is 0 Å². The number of carbonyl (C=O) groups excluding carboxylic acids is 3. The quantitative estimate of drug-likeness (QED) is 0.186. The Morgan fingerprint density at radius 2 is 1.71 bits per heavy atom. The van der Waals surface area contributed by atoms with E-state index in [2.05, 4.69) is 0 Å². The van der Waals surface area contributed by atoms with Gasteiger partial charge in [0.25, 0.3) is 0 Å². The molecule has 0 amide bonds. The van der Waals surface area contributed by atoms with E-state index in [9.17, 15) is 23.2 Å². The average molecular weight is 477 g/mol. The van der Waals surface area contributed by atoms with Crippen molar-refractivity contribution >= 4 is 17.5 Å². The molecule has 0 N–H and O–H groups in total. The van der Waals surface area contributed by atoms with Gasteiger partial charge in [0.1, 0.15) is 0 Å². The zero-order chi connectivity index (χ0) is 24.8. The van der Waals surface area contributed by atoms with E-state index in [-0.39, 0.29) is 42.9 Å². The van der Waals surface area contributed by atoms with E-state index >= 15 is 0 Å². The number of hydrogen-bond acceptors (Lipinski definition) is 4. The van der Waals surface area contributed by atoms with Gasteiger partial charge in [-0.05, 0) is 43.2 Å². The summed E-state index contributed by atoms with van der Waals surface area (Å²) in [5, 5.41) is 0. The minimum atomic E-state index is -3.26. The summed E-state index contributed by atoms with van der Waals surface area (Å²) >= 11 is 0. The van der Waals surface area contributed by atoms with Gasteiger partial charge >= 0.3 is 11.9 Å². The fraction of sp³-hybridized carbons (Fsp3) is 0.607. The lowest BCUT2D eigenvalue weighted by Gasteiger charge is -2.20. The molecule has 0 unspecified atom stereocenters. The van der Waals surface area contributed by atoms with Crippen LogP contribution in [0.2, 0.25) is 0 Å². The third-order valence-electron chi connectivity index (χ3n) is 6.46. The van der Waals surface area contributed by atoms with Gasteiger partial charge in [-0.2, -0.15) is 8.78 Å². The number of esters is 1. The molecule has 0 spiro atoms. The molecule has 0 bridgehead atoms. The van der Waals surface area contributed by atoms with Crippen LogP contribution < -0.4 is 0 Å². The molecule has 0 radical (unpaired) electrons. The summed E-state index contributed by atoms with van der Waals surface area (Å²) in [4.78, 5) is 36.1. The molecule has 0 saturated carbocycles. The normalized spacial score (nSPS) is 17.8. The number of hydrogen-bond donors (Lipinski definition) is 0. The molecule has 6 heteroatoms. The number of unbranched alkanes of at least 4 members (excludes halogenated alkanes) is 5. The van der Waals surface area contributed by atoms with Crippen LogP contribution in [0, 0.1) is 11.8 Å². The highest BCUT2D eigenvalue weighted by Gasteiger charge is 2.38. The van der Waals surface area contributed by atoms with Crippen LogP contribution in [0.25, 0.3) is 0 Å². The summed E-state index contributed by atoms with van der Waals surface area (Å²) in [5.74, 6) is -4.82. The minimum absolute atomic E-state index is 0.0296. The Hall–Kier alpha value is -2.37. The molecule has 0 aliphatic heterocycles. The van der Waals surface area contributed by atoms with Crippen molar-refractivity contribution in [2.24, 2.45) is 11.8 Å². The third kappa shape index (κ3) is 9.86. The molecular weight excluding hydrogens is 438 g/mol. The van der Waals surface area contributed by atoms with Crippen molar-refractivity contribution in [3.8, 4) is 0 Å².